The number of benzene rings is 2. The Bertz CT molecular complexity index is 1500. The molecule has 0 spiro atoms. The van der Waals surface area contributed by atoms with Gasteiger partial charge < -0.3 is 10.1 Å². The summed E-state index contributed by atoms with van der Waals surface area (Å²) in [4.78, 5) is 29.7. The number of rotatable bonds is 5. The molecular weight excluding hydrogens is 450 g/mol. The number of anilines is 1. The minimum Gasteiger partial charge on any atom is -0.497 e. The summed E-state index contributed by atoms with van der Waals surface area (Å²) in [7, 11) is 1.62. The number of carbonyl (C=O) groups excluding carboxylic acids is 1. The molecule has 0 saturated heterocycles. The number of aromatic nitrogens is 4. The van der Waals surface area contributed by atoms with Crippen molar-refractivity contribution < 1.29 is 9.53 Å². The number of nitrogens with one attached hydrogen (secondary N) is 1. The van der Waals surface area contributed by atoms with Gasteiger partial charge in [-0.05, 0) is 42.0 Å². The lowest BCUT2D eigenvalue weighted by Crippen LogP contribution is -2.28. The van der Waals surface area contributed by atoms with Gasteiger partial charge in [-0.25, -0.2) is 18.9 Å². The third kappa shape index (κ3) is 3.61. The summed E-state index contributed by atoms with van der Waals surface area (Å²) in [6.07, 6.45) is 1.44. The number of nitrogens with zero attached hydrogens (tertiary/aromatic N) is 4. The Kier molecular flexibility index (Phi) is 5.12. The summed E-state index contributed by atoms with van der Waals surface area (Å²) in [5, 5.41) is 9.69. The van der Waals surface area contributed by atoms with Gasteiger partial charge >= 0.3 is 5.69 Å². The molecule has 3 aromatic heterocycles. The average Bonchev–Trinajstić information content (AvgIpc) is 3.37. The highest BCUT2D eigenvalue weighted by atomic mass is 35.5. The summed E-state index contributed by atoms with van der Waals surface area (Å²) in [5.41, 5.74) is 3.29. The number of ether oxygens (including phenoxy) is 1. The Morgan fingerprint density at radius 3 is 2.62 bits per heavy atom. The molecule has 160 valence electrons. The van der Waals surface area contributed by atoms with E-state index in [0.29, 0.717) is 16.4 Å². The van der Waals surface area contributed by atoms with Crippen LogP contribution in [0.25, 0.3) is 27.0 Å². The first-order valence-electron chi connectivity index (χ1n) is 9.59. The highest BCUT2D eigenvalue weighted by Gasteiger charge is 2.17. The standard InChI is InChI=1S/C22H16ClN5O3S/c1-31-16-8-2-13(3-9-16)17-11-32-20-19(17)24-12-27-21(20)26-28(22(27)30)10-18(29)25-15-6-4-14(23)5-7-15/h2-9,11-12H,10H2,1H3,(H,25,29). The van der Waals surface area contributed by atoms with Crippen molar-refractivity contribution in [1.82, 2.24) is 19.2 Å². The van der Waals surface area contributed by atoms with Crippen LogP contribution in [-0.4, -0.2) is 32.2 Å². The lowest BCUT2D eigenvalue weighted by Gasteiger charge is -2.04. The normalized spacial score (nSPS) is 11.2. The maximum absolute atomic E-state index is 12.8. The molecule has 0 bridgehead atoms. The van der Waals surface area contributed by atoms with E-state index in [-0.39, 0.29) is 12.5 Å². The second-order valence-corrected chi connectivity index (χ2v) is 8.31. The second-order valence-electron chi connectivity index (χ2n) is 6.99. The largest absolute Gasteiger partial charge is 0.497 e. The predicted molar refractivity (Wildman–Crippen MR) is 125 cm³/mol. The Morgan fingerprint density at radius 2 is 1.91 bits per heavy atom. The molecule has 1 amide bonds. The van der Waals surface area contributed by atoms with Crippen molar-refractivity contribution in [2.24, 2.45) is 0 Å². The lowest BCUT2D eigenvalue weighted by molar-refractivity contribution is -0.117. The van der Waals surface area contributed by atoms with Gasteiger partial charge in [0, 0.05) is 21.7 Å². The Hall–Kier alpha value is -3.69. The number of hydrogen-bond donors (Lipinski definition) is 1. The molecule has 0 atom stereocenters. The van der Waals surface area contributed by atoms with Crippen LogP contribution in [-0.2, 0) is 11.3 Å². The first-order valence-corrected chi connectivity index (χ1v) is 10.8. The van der Waals surface area contributed by atoms with Crippen LogP contribution < -0.4 is 15.7 Å². The third-order valence-corrected chi connectivity index (χ3v) is 6.18. The third-order valence-electron chi connectivity index (χ3n) is 4.96. The number of hydrogen-bond acceptors (Lipinski definition) is 6. The van der Waals surface area contributed by atoms with Crippen molar-refractivity contribution in [3.8, 4) is 16.9 Å². The molecule has 1 N–H and O–H groups in total. The summed E-state index contributed by atoms with van der Waals surface area (Å²) < 4.78 is 8.48. The fraction of sp³-hybridized carbons (Fsp3) is 0.0909. The molecular formula is C22H16ClN5O3S. The van der Waals surface area contributed by atoms with Gasteiger partial charge in [0.1, 0.15) is 18.6 Å². The first kappa shape index (κ1) is 20.2. The molecule has 0 aliphatic carbocycles. The summed E-state index contributed by atoms with van der Waals surface area (Å²) in [6, 6.07) is 14.4. The van der Waals surface area contributed by atoms with Crippen molar-refractivity contribution in [3.05, 3.63) is 75.7 Å². The van der Waals surface area contributed by atoms with Crippen molar-refractivity contribution in [2.75, 3.05) is 12.4 Å². The van der Waals surface area contributed by atoms with Crippen molar-refractivity contribution in [3.63, 3.8) is 0 Å². The molecule has 0 radical (unpaired) electrons. The molecule has 5 rings (SSSR count). The number of halogens is 1. The quantitative estimate of drug-likeness (QED) is 0.422. The van der Waals surface area contributed by atoms with Crippen molar-refractivity contribution in [2.45, 2.75) is 6.54 Å². The number of amides is 1. The fourth-order valence-corrected chi connectivity index (χ4v) is 4.51. The van der Waals surface area contributed by atoms with Crippen LogP contribution >= 0.6 is 22.9 Å². The summed E-state index contributed by atoms with van der Waals surface area (Å²) in [5.74, 6) is 0.401. The molecule has 0 aliphatic heterocycles. The topological polar surface area (TPSA) is 90.5 Å². The van der Waals surface area contributed by atoms with Gasteiger partial charge in [0.2, 0.25) is 5.91 Å². The number of methoxy groups -OCH3 is 1. The van der Waals surface area contributed by atoms with Crippen molar-refractivity contribution in [1.29, 1.82) is 0 Å². The van der Waals surface area contributed by atoms with E-state index in [1.54, 1.807) is 31.4 Å². The minimum absolute atomic E-state index is 0.221. The Morgan fingerprint density at radius 1 is 1.16 bits per heavy atom. The average molecular weight is 466 g/mol. The van der Waals surface area contributed by atoms with Crippen LogP contribution in [0.4, 0.5) is 5.69 Å². The monoisotopic (exact) mass is 465 g/mol. The number of carbonyl (C=O) groups is 1. The van der Waals surface area contributed by atoms with Crippen LogP contribution in [0.2, 0.25) is 5.02 Å². The van der Waals surface area contributed by atoms with Gasteiger partial charge in [-0.15, -0.1) is 16.4 Å². The highest BCUT2D eigenvalue weighted by molar-refractivity contribution is 7.18. The van der Waals surface area contributed by atoms with Crippen molar-refractivity contribution >= 4 is 50.4 Å². The minimum atomic E-state index is -0.431. The van der Waals surface area contributed by atoms with Gasteiger partial charge in [0.25, 0.3) is 0 Å². The molecule has 8 nitrogen and oxygen atoms in total. The predicted octanol–water partition coefficient (Wildman–Crippen LogP) is 4.07. The number of fused-ring (bicyclic) bond motifs is 3. The van der Waals surface area contributed by atoms with E-state index >= 15 is 0 Å². The second kappa shape index (κ2) is 8.10. The summed E-state index contributed by atoms with van der Waals surface area (Å²) >= 11 is 7.32. The maximum atomic E-state index is 12.8. The van der Waals surface area contributed by atoms with E-state index in [1.165, 1.54) is 22.1 Å². The van der Waals surface area contributed by atoms with Crippen LogP contribution in [0.1, 0.15) is 0 Å². The van der Waals surface area contributed by atoms with Crippen LogP contribution in [0, 0.1) is 0 Å². The molecule has 0 aliphatic rings. The zero-order valence-electron chi connectivity index (χ0n) is 16.8. The van der Waals surface area contributed by atoms with Crippen LogP contribution in [0.3, 0.4) is 0 Å². The van der Waals surface area contributed by atoms with Crippen LogP contribution in [0.5, 0.6) is 5.75 Å². The zero-order chi connectivity index (χ0) is 22.2. The molecule has 0 fully saturated rings. The lowest BCUT2D eigenvalue weighted by atomic mass is 10.1. The smallest absolute Gasteiger partial charge is 0.352 e. The van der Waals surface area contributed by atoms with E-state index < -0.39 is 5.69 Å². The van der Waals surface area contributed by atoms with E-state index in [0.717, 1.165) is 31.8 Å². The van der Waals surface area contributed by atoms with Gasteiger partial charge in [0.15, 0.2) is 5.65 Å². The molecule has 10 heteroatoms. The molecule has 32 heavy (non-hydrogen) atoms. The maximum Gasteiger partial charge on any atom is 0.352 e. The van der Waals surface area contributed by atoms with Gasteiger partial charge in [-0.2, -0.15) is 0 Å². The van der Waals surface area contributed by atoms with Gasteiger partial charge in [0.05, 0.1) is 17.3 Å². The Balaban J connectivity index is 1.48. The SMILES string of the molecule is COc1ccc(-c2csc3c2ncn2c(=O)n(CC(=O)Nc4ccc(Cl)cc4)nc32)cc1. The molecule has 5 aromatic rings. The Labute approximate surface area is 190 Å². The van der Waals surface area contributed by atoms with E-state index in [9.17, 15) is 9.59 Å². The highest BCUT2D eigenvalue weighted by Crippen LogP contribution is 2.34. The molecule has 0 unspecified atom stereocenters. The number of thiophene rings is 1. The van der Waals surface area contributed by atoms with E-state index in [2.05, 4.69) is 15.4 Å². The van der Waals surface area contributed by atoms with Crippen LogP contribution in [0.15, 0.2) is 65.0 Å². The molecule has 0 saturated carbocycles. The van der Waals surface area contributed by atoms with E-state index in [1.807, 2.05) is 29.6 Å². The first-order chi connectivity index (χ1) is 15.5. The summed E-state index contributed by atoms with van der Waals surface area (Å²) in [6.45, 7) is -0.221. The fourth-order valence-electron chi connectivity index (χ4n) is 3.38. The van der Waals surface area contributed by atoms with Gasteiger partial charge in [-0.3, -0.25) is 4.79 Å². The molecule has 2 aromatic carbocycles. The molecule has 3 heterocycles. The zero-order valence-corrected chi connectivity index (χ0v) is 18.4. The van der Waals surface area contributed by atoms with Gasteiger partial charge in [-0.1, -0.05) is 23.7 Å². The van der Waals surface area contributed by atoms with E-state index in [4.69, 9.17) is 16.3 Å².